The third kappa shape index (κ3) is 3.27. The van der Waals surface area contributed by atoms with Crippen LogP contribution in [0.1, 0.15) is 11.1 Å². The fourth-order valence-corrected chi connectivity index (χ4v) is 4.46. The molecule has 0 aliphatic carbocycles. The largest absolute Gasteiger partial charge is 0.382 e. The highest BCUT2D eigenvalue weighted by molar-refractivity contribution is 7.93. The zero-order valence-corrected chi connectivity index (χ0v) is 15.4. The molecule has 0 aromatic heterocycles. The smallest absolute Gasteiger partial charge is 0.290 e. The summed E-state index contributed by atoms with van der Waals surface area (Å²) in [6.07, 6.45) is 0. The Balaban J connectivity index is 0.00000225. The molecular weight excluding hydrogens is 366 g/mol. The molecule has 0 unspecified atom stereocenters. The van der Waals surface area contributed by atoms with E-state index in [2.05, 4.69) is 5.32 Å². The molecule has 0 radical (unpaired) electrons. The molecule has 0 spiro atoms. The number of nitro benzene ring substituents is 1. The summed E-state index contributed by atoms with van der Waals surface area (Å²) in [5.41, 5.74) is 2.17. The van der Waals surface area contributed by atoms with Crippen LogP contribution in [-0.4, -0.2) is 26.4 Å². The van der Waals surface area contributed by atoms with Gasteiger partial charge in [-0.2, -0.15) is 0 Å². The summed E-state index contributed by atoms with van der Waals surface area (Å²) in [5.74, 6) is 0. The van der Waals surface area contributed by atoms with Crippen molar-refractivity contribution < 1.29 is 13.3 Å². The number of anilines is 2. The Labute approximate surface area is 152 Å². The topological polar surface area (TPSA) is 92.5 Å². The third-order valence-corrected chi connectivity index (χ3v) is 5.99. The number of nitrogens with one attached hydrogen (secondary N) is 1. The Morgan fingerprint density at radius 1 is 1.16 bits per heavy atom. The molecule has 7 nitrogen and oxygen atoms in total. The van der Waals surface area contributed by atoms with Crippen molar-refractivity contribution in [3.05, 3.63) is 57.6 Å². The van der Waals surface area contributed by atoms with Crippen LogP contribution in [0.3, 0.4) is 0 Å². The van der Waals surface area contributed by atoms with Gasteiger partial charge in [-0.25, -0.2) is 8.42 Å². The monoisotopic (exact) mass is 383 g/mol. The summed E-state index contributed by atoms with van der Waals surface area (Å²) in [6, 6.07) is 9.71. The maximum absolute atomic E-state index is 13.1. The number of rotatable bonds is 3. The third-order valence-electron chi connectivity index (χ3n) is 4.14. The van der Waals surface area contributed by atoms with Crippen molar-refractivity contribution in [2.45, 2.75) is 18.7 Å². The Kier molecular flexibility index (Phi) is 5.24. The van der Waals surface area contributed by atoms with Crippen molar-refractivity contribution in [3.8, 4) is 0 Å². The highest BCUT2D eigenvalue weighted by atomic mass is 35.5. The fourth-order valence-electron chi connectivity index (χ4n) is 2.75. The Morgan fingerprint density at radius 2 is 1.80 bits per heavy atom. The molecule has 0 atom stereocenters. The molecule has 2 aromatic rings. The first-order valence-corrected chi connectivity index (χ1v) is 8.87. The van der Waals surface area contributed by atoms with Crippen molar-refractivity contribution in [1.29, 1.82) is 0 Å². The van der Waals surface area contributed by atoms with Crippen molar-refractivity contribution >= 4 is 39.5 Å². The van der Waals surface area contributed by atoms with Crippen LogP contribution in [0.15, 0.2) is 41.3 Å². The number of nitrogens with zero attached hydrogens (tertiary/aromatic N) is 2. The van der Waals surface area contributed by atoms with Gasteiger partial charge in [0.15, 0.2) is 4.90 Å². The van der Waals surface area contributed by atoms with Crippen LogP contribution in [0, 0.1) is 24.0 Å². The van der Waals surface area contributed by atoms with E-state index in [-0.39, 0.29) is 23.8 Å². The molecule has 25 heavy (non-hydrogen) atoms. The number of fused-ring (bicyclic) bond motifs is 1. The number of hydrogen-bond acceptors (Lipinski definition) is 5. The summed E-state index contributed by atoms with van der Waals surface area (Å²) in [4.78, 5) is 10.5. The molecule has 0 fully saturated rings. The first-order chi connectivity index (χ1) is 11.3. The molecule has 1 aliphatic heterocycles. The van der Waals surface area contributed by atoms with Crippen LogP contribution in [0.25, 0.3) is 0 Å². The van der Waals surface area contributed by atoms with Crippen LogP contribution in [0.4, 0.5) is 17.1 Å². The van der Waals surface area contributed by atoms with Gasteiger partial charge in [-0.1, -0.05) is 12.1 Å². The predicted molar refractivity (Wildman–Crippen MR) is 99.3 cm³/mol. The lowest BCUT2D eigenvalue weighted by Crippen LogP contribution is -2.39. The van der Waals surface area contributed by atoms with Gasteiger partial charge in [0.2, 0.25) is 0 Å². The van der Waals surface area contributed by atoms with E-state index >= 15 is 0 Å². The summed E-state index contributed by atoms with van der Waals surface area (Å²) in [7, 11) is -4.04. The molecule has 1 N–H and O–H groups in total. The van der Waals surface area contributed by atoms with E-state index < -0.39 is 20.6 Å². The number of sulfonamides is 1. The van der Waals surface area contributed by atoms with Crippen LogP contribution in [0.5, 0.6) is 0 Å². The average Bonchev–Trinajstić information content (AvgIpc) is 2.56. The summed E-state index contributed by atoms with van der Waals surface area (Å²) < 4.78 is 27.5. The standard InChI is InChI=1S/C16H17N3O4S.ClH/c1-11-9-15(19(20)21)16(10-12(11)2)24(22,23)18-8-7-17-13-5-3-4-6-14(13)18;/h3-6,9-10,17H,7-8H2,1-2H3;1H. The quantitative estimate of drug-likeness (QED) is 0.648. The Morgan fingerprint density at radius 3 is 2.48 bits per heavy atom. The zero-order chi connectivity index (χ0) is 17.5. The molecule has 0 saturated carbocycles. The lowest BCUT2D eigenvalue weighted by molar-refractivity contribution is -0.387. The molecule has 134 valence electrons. The molecule has 0 saturated heterocycles. The number of hydrogen-bond donors (Lipinski definition) is 1. The maximum Gasteiger partial charge on any atom is 0.290 e. The Hall–Kier alpha value is -2.32. The second-order valence-corrected chi connectivity index (χ2v) is 7.51. The maximum atomic E-state index is 13.1. The number of halogens is 1. The minimum Gasteiger partial charge on any atom is -0.382 e. The van der Waals surface area contributed by atoms with Gasteiger partial charge in [-0.3, -0.25) is 14.4 Å². The van der Waals surface area contributed by atoms with E-state index in [4.69, 9.17) is 0 Å². The predicted octanol–water partition coefficient (Wildman–Crippen LogP) is 3.25. The number of nitro groups is 1. The van der Waals surface area contributed by atoms with Crippen molar-refractivity contribution in [3.63, 3.8) is 0 Å². The molecule has 3 rings (SSSR count). The van der Waals surface area contributed by atoms with Crippen LogP contribution in [0.2, 0.25) is 0 Å². The van der Waals surface area contributed by atoms with Crippen LogP contribution < -0.4 is 9.62 Å². The highest BCUT2D eigenvalue weighted by Crippen LogP contribution is 2.36. The van der Waals surface area contributed by atoms with Gasteiger partial charge in [0.05, 0.1) is 22.8 Å². The molecule has 2 aromatic carbocycles. The second kappa shape index (κ2) is 6.89. The molecule has 1 aliphatic rings. The van der Waals surface area contributed by atoms with E-state index in [1.54, 1.807) is 38.1 Å². The number of benzene rings is 2. The second-order valence-electron chi connectivity index (χ2n) is 5.68. The summed E-state index contributed by atoms with van der Waals surface area (Å²) in [6.45, 7) is 4.11. The van der Waals surface area contributed by atoms with Gasteiger partial charge in [0.1, 0.15) is 0 Å². The lowest BCUT2D eigenvalue weighted by Gasteiger charge is -2.31. The summed E-state index contributed by atoms with van der Waals surface area (Å²) in [5, 5.41) is 14.5. The molecule has 0 amide bonds. The number of para-hydroxylation sites is 2. The van der Waals surface area contributed by atoms with Crippen LogP contribution in [-0.2, 0) is 10.0 Å². The van der Waals surface area contributed by atoms with Crippen LogP contribution >= 0.6 is 12.4 Å². The van der Waals surface area contributed by atoms with Crippen molar-refractivity contribution in [1.82, 2.24) is 0 Å². The van der Waals surface area contributed by atoms with Gasteiger partial charge in [-0.15, -0.1) is 12.4 Å². The summed E-state index contributed by atoms with van der Waals surface area (Å²) >= 11 is 0. The average molecular weight is 384 g/mol. The van der Waals surface area contributed by atoms with Gasteiger partial charge >= 0.3 is 0 Å². The first kappa shape index (κ1) is 19.0. The van der Waals surface area contributed by atoms with Crippen molar-refractivity contribution in [2.24, 2.45) is 0 Å². The van der Waals surface area contributed by atoms with E-state index in [1.807, 2.05) is 0 Å². The molecule has 9 heteroatoms. The molecular formula is C16H18ClN3O4S. The van der Waals surface area contributed by atoms with E-state index in [0.717, 1.165) is 0 Å². The fraction of sp³-hybridized carbons (Fsp3) is 0.250. The number of aryl methyl sites for hydroxylation is 2. The lowest BCUT2D eigenvalue weighted by atomic mass is 10.1. The first-order valence-electron chi connectivity index (χ1n) is 7.43. The SMILES string of the molecule is Cc1cc([N+](=O)[O-])c(S(=O)(=O)N2CCNc3ccccc32)cc1C.Cl. The highest BCUT2D eigenvalue weighted by Gasteiger charge is 2.34. The van der Waals surface area contributed by atoms with Gasteiger partial charge < -0.3 is 5.32 Å². The van der Waals surface area contributed by atoms with E-state index in [9.17, 15) is 18.5 Å². The molecule has 1 heterocycles. The normalized spacial score (nSPS) is 13.4. The minimum atomic E-state index is -4.04. The van der Waals surface area contributed by atoms with E-state index in [1.165, 1.54) is 16.4 Å². The van der Waals surface area contributed by atoms with E-state index in [0.29, 0.717) is 29.0 Å². The Bertz CT molecular complexity index is 931. The minimum absolute atomic E-state index is 0. The van der Waals surface area contributed by atoms with Gasteiger partial charge in [0, 0.05) is 12.6 Å². The zero-order valence-electron chi connectivity index (χ0n) is 13.7. The molecule has 0 bridgehead atoms. The van der Waals surface area contributed by atoms with Gasteiger partial charge in [-0.05, 0) is 43.2 Å². The van der Waals surface area contributed by atoms with Gasteiger partial charge in [0.25, 0.3) is 15.7 Å². The van der Waals surface area contributed by atoms with Crippen molar-refractivity contribution in [2.75, 3.05) is 22.7 Å².